The zero-order valence-electron chi connectivity index (χ0n) is 14.8. The van der Waals surface area contributed by atoms with Gasteiger partial charge in [-0.1, -0.05) is 37.3 Å². The van der Waals surface area contributed by atoms with Crippen LogP contribution in [0.2, 0.25) is 0 Å². The topological polar surface area (TPSA) is 45.5 Å². The van der Waals surface area contributed by atoms with Crippen molar-refractivity contribution in [3.05, 3.63) is 59.5 Å². The summed E-state index contributed by atoms with van der Waals surface area (Å²) in [5, 5.41) is 3.60. The summed E-state index contributed by atoms with van der Waals surface area (Å²) in [6, 6.07) is 14.7. The van der Waals surface area contributed by atoms with Crippen LogP contribution < -0.4 is 5.32 Å². The van der Waals surface area contributed by atoms with Crippen LogP contribution in [0.5, 0.6) is 0 Å². The molecule has 1 saturated carbocycles. The van der Waals surface area contributed by atoms with E-state index in [-0.39, 0.29) is 11.9 Å². The lowest BCUT2D eigenvalue weighted by atomic mass is 10.1. The van der Waals surface area contributed by atoms with Gasteiger partial charge in [-0.2, -0.15) is 0 Å². The SMILES string of the molecule is C[C@@H]1C[C@H]1c1ccc(CN[C@H](CN2CCCC2=O)c2ccccc2)o1. The molecule has 0 bridgehead atoms. The van der Waals surface area contributed by atoms with Gasteiger partial charge in [0, 0.05) is 25.4 Å². The molecule has 2 heterocycles. The second kappa shape index (κ2) is 7.04. The molecule has 1 N–H and O–H groups in total. The number of nitrogens with one attached hydrogen (secondary N) is 1. The van der Waals surface area contributed by atoms with Crippen molar-refractivity contribution in [1.29, 1.82) is 0 Å². The van der Waals surface area contributed by atoms with Crippen LogP contribution >= 0.6 is 0 Å². The highest BCUT2D eigenvalue weighted by molar-refractivity contribution is 5.78. The summed E-state index contributed by atoms with van der Waals surface area (Å²) in [5.74, 6) is 3.73. The number of rotatable bonds is 7. The lowest BCUT2D eigenvalue weighted by molar-refractivity contribution is -0.128. The maximum absolute atomic E-state index is 12.0. The molecule has 0 unspecified atom stereocenters. The Labute approximate surface area is 149 Å². The first-order chi connectivity index (χ1) is 12.2. The molecule has 1 aromatic carbocycles. The average molecular weight is 338 g/mol. The van der Waals surface area contributed by atoms with Gasteiger partial charge in [0.05, 0.1) is 12.6 Å². The van der Waals surface area contributed by atoms with Crippen LogP contribution in [0.4, 0.5) is 0 Å². The van der Waals surface area contributed by atoms with Gasteiger partial charge in [0.2, 0.25) is 5.91 Å². The van der Waals surface area contributed by atoms with Gasteiger partial charge in [-0.05, 0) is 36.5 Å². The molecule has 1 aliphatic carbocycles. The first kappa shape index (κ1) is 16.4. The fourth-order valence-corrected chi connectivity index (χ4v) is 3.72. The summed E-state index contributed by atoms with van der Waals surface area (Å²) in [4.78, 5) is 14.0. The minimum atomic E-state index is 0.122. The average Bonchev–Trinajstić information content (AvgIpc) is 3.00. The van der Waals surface area contributed by atoms with E-state index in [1.165, 1.54) is 12.0 Å². The molecule has 0 spiro atoms. The fraction of sp³-hybridized carbons (Fsp3) is 0.476. The molecule has 1 aliphatic heterocycles. The summed E-state index contributed by atoms with van der Waals surface area (Å²) in [5.41, 5.74) is 1.21. The molecule has 0 radical (unpaired) electrons. The normalized spacial score (nSPS) is 23.9. The molecule has 132 valence electrons. The Balaban J connectivity index is 1.42. The van der Waals surface area contributed by atoms with Gasteiger partial charge in [-0.3, -0.25) is 4.79 Å². The molecule has 2 aliphatic rings. The van der Waals surface area contributed by atoms with Crippen LogP contribution in [0, 0.1) is 5.92 Å². The molecule has 3 atom stereocenters. The Morgan fingerprint density at radius 1 is 1.24 bits per heavy atom. The molecule has 2 fully saturated rings. The minimum Gasteiger partial charge on any atom is -0.464 e. The molecular weight excluding hydrogens is 312 g/mol. The number of nitrogens with zero attached hydrogens (tertiary/aromatic N) is 1. The lowest BCUT2D eigenvalue weighted by Crippen LogP contribution is -2.35. The standard InChI is InChI=1S/C21H26N2O2/c1-15-12-18(15)20-10-9-17(25-20)13-22-19(16-6-3-2-4-7-16)14-23-11-5-8-21(23)24/h2-4,6-7,9-10,15,18-19,22H,5,8,11-14H2,1H3/t15-,18-,19-/m1/s1. The monoisotopic (exact) mass is 338 g/mol. The predicted molar refractivity (Wildman–Crippen MR) is 97.1 cm³/mol. The van der Waals surface area contributed by atoms with E-state index in [4.69, 9.17) is 4.42 Å². The van der Waals surface area contributed by atoms with Crippen molar-refractivity contribution >= 4 is 5.91 Å². The number of hydrogen-bond acceptors (Lipinski definition) is 3. The van der Waals surface area contributed by atoms with Gasteiger partial charge < -0.3 is 14.6 Å². The Hall–Kier alpha value is -2.07. The van der Waals surface area contributed by atoms with Crippen molar-refractivity contribution in [3.8, 4) is 0 Å². The summed E-state index contributed by atoms with van der Waals surface area (Å²) >= 11 is 0. The van der Waals surface area contributed by atoms with Crippen LogP contribution in [0.25, 0.3) is 0 Å². The minimum absolute atomic E-state index is 0.122. The quantitative estimate of drug-likeness (QED) is 0.834. The van der Waals surface area contributed by atoms with E-state index in [1.807, 2.05) is 11.0 Å². The fourth-order valence-electron chi connectivity index (χ4n) is 3.72. The van der Waals surface area contributed by atoms with E-state index < -0.39 is 0 Å². The van der Waals surface area contributed by atoms with Gasteiger partial charge in [-0.25, -0.2) is 0 Å². The van der Waals surface area contributed by atoms with Crippen molar-refractivity contribution in [1.82, 2.24) is 10.2 Å². The number of carbonyl (C=O) groups excluding carboxylic acids is 1. The molecular formula is C21H26N2O2. The molecule has 2 aromatic rings. The van der Waals surface area contributed by atoms with Crippen molar-refractivity contribution in [2.24, 2.45) is 5.92 Å². The molecule has 25 heavy (non-hydrogen) atoms. The Morgan fingerprint density at radius 3 is 2.72 bits per heavy atom. The Bertz CT molecular complexity index is 725. The highest BCUT2D eigenvalue weighted by Gasteiger charge is 2.36. The van der Waals surface area contributed by atoms with Crippen molar-refractivity contribution in [2.45, 2.75) is 44.7 Å². The van der Waals surface area contributed by atoms with E-state index in [0.29, 0.717) is 18.9 Å². The number of likely N-dealkylation sites (tertiary alicyclic amines) is 1. The Morgan fingerprint density at radius 2 is 2.04 bits per heavy atom. The van der Waals surface area contributed by atoms with Crippen LogP contribution in [-0.2, 0) is 11.3 Å². The second-order valence-corrected chi connectivity index (χ2v) is 7.41. The Kier molecular flexibility index (Phi) is 4.62. The van der Waals surface area contributed by atoms with Crippen molar-refractivity contribution < 1.29 is 9.21 Å². The second-order valence-electron chi connectivity index (χ2n) is 7.41. The maximum Gasteiger partial charge on any atom is 0.222 e. The van der Waals surface area contributed by atoms with E-state index >= 15 is 0 Å². The molecule has 1 amide bonds. The number of amides is 1. The molecule has 1 saturated heterocycles. The molecule has 4 rings (SSSR count). The van der Waals surface area contributed by atoms with Crippen LogP contribution in [0.15, 0.2) is 46.9 Å². The van der Waals surface area contributed by atoms with Gasteiger partial charge in [-0.15, -0.1) is 0 Å². The lowest BCUT2D eigenvalue weighted by Gasteiger charge is -2.25. The van der Waals surface area contributed by atoms with Crippen molar-refractivity contribution in [2.75, 3.05) is 13.1 Å². The maximum atomic E-state index is 12.0. The number of carbonyl (C=O) groups is 1. The van der Waals surface area contributed by atoms with Gasteiger partial charge in [0.15, 0.2) is 0 Å². The van der Waals surface area contributed by atoms with Gasteiger partial charge >= 0.3 is 0 Å². The first-order valence-corrected chi connectivity index (χ1v) is 9.35. The zero-order valence-corrected chi connectivity index (χ0v) is 14.8. The third-order valence-corrected chi connectivity index (χ3v) is 5.46. The largest absolute Gasteiger partial charge is 0.464 e. The van der Waals surface area contributed by atoms with E-state index in [0.717, 1.165) is 36.9 Å². The van der Waals surface area contributed by atoms with Crippen LogP contribution in [0.1, 0.15) is 55.2 Å². The van der Waals surface area contributed by atoms with Crippen LogP contribution in [-0.4, -0.2) is 23.9 Å². The smallest absolute Gasteiger partial charge is 0.222 e. The molecule has 1 aromatic heterocycles. The highest BCUT2D eigenvalue weighted by atomic mass is 16.3. The number of hydrogen-bond donors (Lipinski definition) is 1. The van der Waals surface area contributed by atoms with Gasteiger partial charge in [0.25, 0.3) is 0 Å². The first-order valence-electron chi connectivity index (χ1n) is 9.35. The van der Waals surface area contributed by atoms with E-state index in [9.17, 15) is 4.79 Å². The number of furan rings is 1. The summed E-state index contributed by atoms with van der Waals surface area (Å²) < 4.78 is 6.01. The summed E-state index contributed by atoms with van der Waals surface area (Å²) in [6.07, 6.45) is 2.90. The third kappa shape index (κ3) is 3.79. The van der Waals surface area contributed by atoms with Crippen LogP contribution in [0.3, 0.4) is 0 Å². The highest BCUT2D eigenvalue weighted by Crippen LogP contribution is 2.47. The molecule has 4 heteroatoms. The summed E-state index contributed by atoms with van der Waals surface area (Å²) in [6.45, 7) is 4.54. The number of benzene rings is 1. The molecule has 4 nitrogen and oxygen atoms in total. The van der Waals surface area contributed by atoms with Crippen molar-refractivity contribution in [3.63, 3.8) is 0 Å². The third-order valence-electron chi connectivity index (χ3n) is 5.46. The summed E-state index contributed by atoms with van der Waals surface area (Å²) in [7, 11) is 0. The zero-order chi connectivity index (χ0) is 17.2. The van der Waals surface area contributed by atoms with E-state index in [1.54, 1.807) is 0 Å². The van der Waals surface area contributed by atoms with E-state index in [2.05, 4.69) is 48.6 Å². The predicted octanol–water partition coefficient (Wildman–Crippen LogP) is 3.86. The van der Waals surface area contributed by atoms with Gasteiger partial charge in [0.1, 0.15) is 11.5 Å².